The van der Waals surface area contributed by atoms with Gasteiger partial charge in [0.15, 0.2) is 11.5 Å². The van der Waals surface area contributed by atoms with Gasteiger partial charge in [0, 0.05) is 24.3 Å². The molecule has 0 atom stereocenters. The molecule has 0 saturated carbocycles. The summed E-state index contributed by atoms with van der Waals surface area (Å²) in [5.41, 5.74) is 4.67. The number of aryl methyl sites for hydroxylation is 1. The van der Waals surface area contributed by atoms with Gasteiger partial charge in [-0.25, -0.2) is 4.98 Å². The molecule has 0 N–H and O–H groups in total. The van der Waals surface area contributed by atoms with E-state index < -0.39 is 0 Å². The van der Waals surface area contributed by atoms with E-state index in [-0.39, 0.29) is 0 Å². The van der Waals surface area contributed by atoms with E-state index in [1.807, 2.05) is 17.5 Å². The number of benzene rings is 1. The van der Waals surface area contributed by atoms with Crippen molar-refractivity contribution in [1.29, 1.82) is 0 Å². The smallest absolute Gasteiger partial charge is 0.254 e. The van der Waals surface area contributed by atoms with Crippen molar-refractivity contribution in [2.24, 2.45) is 0 Å². The second-order valence-electron chi connectivity index (χ2n) is 6.90. The number of aromatic nitrogens is 4. The molecule has 4 heterocycles. The lowest BCUT2D eigenvalue weighted by molar-refractivity contribution is 0.171. The first-order valence-corrected chi connectivity index (χ1v) is 9.21. The molecule has 0 aliphatic carbocycles. The fourth-order valence-corrected chi connectivity index (χ4v) is 3.75. The molecule has 3 aromatic rings. The quantitative estimate of drug-likeness (QED) is 0.698. The van der Waals surface area contributed by atoms with Crippen molar-refractivity contribution < 1.29 is 9.47 Å². The van der Waals surface area contributed by atoms with Crippen molar-refractivity contribution in [1.82, 2.24) is 19.6 Å². The molecule has 0 fully saturated rings. The number of nitrogens with zero attached hydrogens (tertiary/aromatic N) is 5. The molecular weight excluding hydrogens is 342 g/mol. The van der Waals surface area contributed by atoms with Gasteiger partial charge in [-0.3, -0.25) is 0 Å². The zero-order chi connectivity index (χ0) is 18.4. The van der Waals surface area contributed by atoms with E-state index in [1.54, 1.807) is 6.33 Å². The summed E-state index contributed by atoms with van der Waals surface area (Å²) in [6.45, 7) is 7.08. The van der Waals surface area contributed by atoms with Crippen LogP contribution in [0.4, 0.5) is 5.82 Å². The monoisotopic (exact) mass is 363 g/mol. The van der Waals surface area contributed by atoms with Crippen LogP contribution < -0.4 is 14.4 Å². The molecule has 27 heavy (non-hydrogen) atoms. The van der Waals surface area contributed by atoms with Gasteiger partial charge in [0.05, 0.1) is 0 Å². The van der Waals surface area contributed by atoms with E-state index in [9.17, 15) is 0 Å². The van der Waals surface area contributed by atoms with Gasteiger partial charge in [-0.15, -0.1) is 0 Å². The summed E-state index contributed by atoms with van der Waals surface area (Å²) < 4.78 is 13.2. The van der Waals surface area contributed by atoms with Crippen LogP contribution in [-0.2, 0) is 0 Å². The first kappa shape index (κ1) is 16.1. The number of hydrogen-bond donors (Lipinski definition) is 0. The molecule has 138 valence electrons. The maximum atomic E-state index is 5.73. The molecule has 0 spiro atoms. The van der Waals surface area contributed by atoms with Crippen LogP contribution in [0.5, 0.6) is 11.5 Å². The molecule has 2 aliphatic heterocycles. The van der Waals surface area contributed by atoms with E-state index >= 15 is 0 Å². The average Bonchev–Trinajstić information content (AvgIpc) is 3.16. The maximum absolute atomic E-state index is 5.73. The topological polar surface area (TPSA) is 64.8 Å². The normalized spacial score (nSPS) is 16.5. The van der Waals surface area contributed by atoms with Crippen LogP contribution >= 0.6 is 0 Å². The third-order valence-electron chi connectivity index (χ3n) is 5.30. The number of anilines is 1. The minimum atomic E-state index is 0.609. The summed E-state index contributed by atoms with van der Waals surface area (Å²) in [4.78, 5) is 11.1. The van der Waals surface area contributed by atoms with Crippen molar-refractivity contribution in [3.05, 3.63) is 47.4 Å². The Labute approximate surface area is 157 Å². The summed E-state index contributed by atoms with van der Waals surface area (Å²) in [5, 5.41) is 4.37. The predicted octanol–water partition coefficient (Wildman–Crippen LogP) is 2.81. The summed E-state index contributed by atoms with van der Waals surface area (Å²) >= 11 is 0. The second kappa shape index (κ2) is 6.26. The highest BCUT2D eigenvalue weighted by atomic mass is 16.6. The molecule has 7 nitrogen and oxygen atoms in total. The lowest BCUT2D eigenvalue weighted by Crippen LogP contribution is -2.31. The largest absolute Gasteiger partial charge is 0.486 e. The summed E-state index contributed by atoms with van der Waals surface area (Å²) in [5.74, 6) is 3.40. The molecule has 0 bridgehead atoms. The third-order valence-corrected chi connectivity index (χ3v) is 5.30. The third kappa shape index (κ3) is 2.70. The average molecular weight is 363 g/mol. The highest BCUT2D eigenvalue weighted by Gasteiger charge is 2.21. The molecular formula is C20H21N5O2. The second-order valence-corrected chi connectivity index (χ2v) is 6.90. The predicted molar refractivity (Wildman–Crippen MR) is 102 cm³/mol. The first-order chi connectivity index (χ1) is 13.2. The van der Waals surface area contributed by atoms with Crippen molar-refractivity contribution >= 4 is 17.2 Å². The SMILES string of the molecule is Cc1nc2ncnn2c(N2CC=C(c3ccc4c(c3)OCCO4)CC2)c1C. The van der Waals surface area contributed by atoms with Crippen LogP contribution in [0.25, 0.3) is 11.4 Å². The molecule has 0 radical (unpaired) electrons. The minimum Gasteiger partial charge on any atom is -0.486 e. The van der Waals surface area contributed by atoms with Crippen LogP contribution in [0, 0.1) is 13.8 Å². The number of hydrogen-bond acceptors (Lipinski definition) is 6. The fraction of sp³-hybridized carbons (Fsp3) is 0.350. The van der Waals surface area contributed by atoms with Crippen LogP contribution in [0.3, 0.4) is 0 Å². The van der Waals surface area contributed by atoms with E-state index in [0.29, 0.717) is 19.0 Å². The molecule has 2 aromatic heterocycles. The molecule has 0 unspecified atom stereocenters. The van der Waals surface area contributed by atoms with Gasteiger partial charge >= 0.3 is 0 Å². The van der Waals surface area contributed by atoms with Crippen LogP contribution in [0.15, 0.2) is 30.6 Å². The Balaban J connectivity index is 1.45. The van der Waals surface area contributed by atoms with E-state index in [2.05, 4.69) is 45.1 Å². The molecule has 1 aromatic carbocycles. The van der Waals surface area contributed by atoms with Gasteiger partial charge in [-0.05, 0) is 43.5 Å². The van der Waals surface area contributed by atoms with E-state index in [4.69, 9.17) is 9.47 Å². The van der Waals surface area contributed by atoms with Crippen molar-refractivity contribution in [3.8, 4) is 11.5 Å². The Morgan fingerprint density at radius 3 is 2.74 bits per heavy atom. The van der Waals surface area contributed by atoms with Crippen LogP contribution in [0.2, 0.25) is 0 Å². The summed E-state index contributed by atoms with van der Waals surface area (Å²) in [6, 6.07) is 6.21. The molecule has 0 amide bonds. The highest BCUT2D eigenvalue weighted by Crippen LogP contribution is 2.35. The first-order valence-electron chi connectivity index (χ1n) is 9.21. The zero-order valence-corrected chi connectivity index (χ0v) is 15.5. The van der Waals surface area contributed by atoms with Gasteiger partial charge in [-0.2, -0.15) is 14.6 Å². The Hall–Kier alpha value is -3.09. The fourth-order valence-electron chi connectivity index (χ4n) is 3.75. The molecule has 0 saturated heterocycles. The van der Waals surface area contributed by atoms with E-state index in [1.165, 1.54) is 11.1 Å². The Morgan fingerprint density at radius 1 is 1.07 bits per heavy atom. The Kier molecular flexibility index (Phi) is 3.74. The van der Waals surface area contributed by atoms with Gasteiger partial charge in [0.25, 0.3) is 5.78 Å². The van der Waals surface area contributed by atoms with Gasteiger partial charge in [0.1, 0.15) is 25.4 Å². The maximum Gasteiger partial charge on any atom is 0.254 e. The lowest BCUT2D eigenvalue weighted by atomic mass is 9.98. The Bertz CT molecular complexity index is 1060. The van der Waals surface area contributed by atoms with Gasteiger partial charge in [-0.1, -0.05) is 12.1 Å². The minimum absolute atomic E-state index is 0.609. The summed E-state index contributed by atoms with van der Waals surface area (Å²) in [7, 11) is 0. The van der Waals surface area contributed by atoms with Crippen molar-refractivity contribution in [2.75, 3.05) is 31.2 Å². The number of ether oxygens (including phenoxy) is 2. The number of rotatable bonds is 2. The van der Waals surface area contributed by atoms with E-state index in [0.717, 1.165) is 48.1 Å². The summed E-state index contributed by atoms with van der Waals surface area (Å²) in [6.07, 6.45) is 4.80. The molecule has 2 aliphatic rings. The van der Waals surface area contributed by atoms with Crippen molar-refractivity contribution in [2.45, 2.75) is 20.3 Å². The van der Waals surface area contributed by atoms with Crippen LogP contribution in [0.1, 0.15) is 23.2 Å². The van der Waals surface area contributed by atoms with Gasteiger partial charge in [0.2, 0.25) is 0 Å². The Morgan fingerprint density at radius 2 is 1.93 bits per heavy atom. The highest BCUT2D eigenvalue weighted by molar-refractivity contribution is 5.71. The van der Waals surface area contributed by atoms with Gasteiger partial charge < -0.3 is 14.4 Å². The zero-order valence-electron chi connectivity index (χ0n) is 15.5. The number of fused-ring (bicyclic) bond motifs is 2. The molecule has 7 heteroatoms. The van der Waals surface area contributed by atoms with Crippen molar-refractivity contribution in [3.63, 3.8) is 0 Å². The standard InChI is InChI=1S/C20H21N5O2/c1-13-14(2)23-20-21-12-22-25(20)19(13)24-7-5-15(6-8-24)16-3-4-17-18(11-16)27-10-9-26-17/h3-5,11-12H,6-10H2,1-2H3. The lowest BCUT2D eigenvalue weighted by Gasteiger charge is -2.30. The molecule has 5 rings (SSSR count). The van der Waals surface area contributed by atoms with Crippen LogP contribution in [-0.4, -0.2) is 45.9 Å².